The molecular formula is C27H32N6O6S. The first-order valence-corrected chi connectivity index (χ1v) is 13.9. The molecule has 2 aliphatic heterocycles. The summed E-state index contributed by atoms with van der Waals surface area (Å²) in [5.41, 5.74) is 2.14. The molecule has 0 saturated carbocycles. The van der Waals surface area contributed by atoms with Gasteiger partial charge < -0.3 is 24.2 Å². The fourth-order valence-electron chi connectivity index (χ4n) is 4.86. The minimum Gasteiger partial charge on any atom is -0.493 e. The van der Waals surface area contributed by atoms with Crippen LogP contribution in [0.2, 0.25) is 0 Å². The third kappa shape index (κ3) is 5.52. The number of carbonyl (C=O) groups is 2. The van der Waals surface area contributed by atoms with Crippen LogP contribution in [0.1, 0.15) is 46.3 Å². The topological polar surface area (TPSA) is 139 Å². The van der Waals surface area contributed by atoms with Crippen molar-refractivity contribution in [1.82, 2.24) is 15.0 Å². The lowest BCUT2D eigenvalue weighted by atomic mass is 10.1. The smallest absolute Gasteiger partial charge is 0.350 e. The van der Waals surface area contributed by atoms with Gasteiger partial charge in [0.05, 0.1) is 45.6 Å². The lowest BCUT2D eigenvalue weighted by molar-refractivity contribution is -0.117. The van der Waals surface area contributed by atoms with Crippen LogP contribution in [0.25, 0.3) is 0 Å². The van der Waals surface area contributed by atoms with Gasteiger partial charge in [-0.3, -0.25) is 15.0 Å². The van der Waals surface area contributed by atoms with E-state index in [1.165, 1.54) is 0 Å². The molecule has 5 rings (SSSR count). The Morgan fingerprint density at radius 1 is 1.12 bits per heavy atom. The highest BCUT2D eigenvalue weighted by Gasteiger charge is 2.35. The normalized spacial score (nSPS) is 15.3. The summed E-state index contributed by atoms with van der Waals surface area (Å²) in [6.07, 6.45) is 1.03. The van der Waals surface area contributed by atoms with Gasteiger partial charge >= 0.3 is 5.97 Å². The second-order valence-corrected chi connectivity index (χ2v) is 10.5. The second kappa shape index (κ2) is 11.6. The lowest BCUT2D eigenvalue weighted by Crippen LogP contribution is -2.37. The number of esters is 1. The second-order valence-electron chi connectivity index (χ2n) is 9.52. The molecule has 0 aliphatic carbocycles. The fraction of sp³-hybridized carbons (Fsp3) is 0.444. The number of amides is 1. The lowest BCUT2D eigenvalue weighted by Gasteiger charge is -2.31. The molecule has 1 saturated heterocycles. The molecule has 0 radical (unpaired) electrons. The number of rotatable bonds is 9. The number of aliphatic hydroxyl groups excluding tert-OH is 1. The highest BCUT2D eigenvalue weighted by molar-refractivity contribution is 7.17. The Kier molecular flexibility index (Phi) is 8.03. The van der Waals surface area contributed by atoms with E-state index < -0.39 is 5.97 Å². The van der Waals surface area contributed by atoms with Gasteiger partial charge in [-0.1, -0.05) is 17.4 Å². The van der Waals surface area contributed by atoms with E-state index in [0.717, 1.165) is 22.5 Å². The number of fused-ring (bicyclic) bond motifs is 1. The van der Waals surface area contributed by atoms with Gasteiger partial charge in [0.2, 0.25) is 11.9 Å². The average molecular weight is 569 g/mol. The Morgan fingerprint density at radius 2 is 1.85 bits per heavy atom. The van der Waals surface area contributed by atoms with E-state index in [4.69, 9.17) is 24.2 Å². The molecule has 13 heteroatoms. The number of thiazole rings is 1. The highest BCUT2D eigenvalue weighted by atomic mass is 32.1. The quantitative estimate of drug-likeness (QED) is 0.368. The van der Waals surface area contributed by atoms with Crippen LogP contribution < -0.4 is 24.6 Å². The first-order valence-electron chi connectivity index (χ1n) is 13.1. The van der Waals surface area contributed by atoms with Gasteiger partial charge in [-0.05, 0) is 44.4 Å². The molecule has 12 nitrogen and oxygen atoms in total. The van der Waals surface area contributed by atoms with Crippen LogP contribution in [0.15, 0.2) is 18.2 Å². The molecule has 0 bridgehead atoms. The summed E-state index contributed by atoms with van der Waals surface area (Å²) in [7, 11) is 3.14. The van der Waals surface area contributed by atoms with Gasteiger partial charge in [0.1, 0.15) is 16.5 Å². The first kappa shape index (κ1) is 27.6. The van der Waals surface area contributed by atoms with Crippen molar-refractivity contribution in [3.8, 4) is 11.5 Å². The van der Waals surface area contributed by atoms with Crippen molar-refractivity contribution in [2.75, 3.05) is 49.0 Å². The molecule has 40 heavy (non-hydrogen) atoms. The van der Waals surface area contributed by atoms with E-state index in [9.17, 15) is 14.7 Å². The Balaban J connectivity index is 1.51. The summed E-state index contributed by atoms with van der Waals surface area (Å²) in [5.74, 6) is 2.07. The molecule has 4 heterocycles. The van der Waals surface area contributed by atoms with E-state index in [0.29, 0.717) is 64.8 Å². The van der Waals surface area contributed by atoms with Gasteiger partial charge in [0.15, 0.2) is 16.6 Å². The highest BCUT2D eigenvalue weighted by Crippen LogP contribution is 2.38. The minimum absolute atomic E-state index is 0.0933. The summed E-state index contributed by atoms with van der Waals surface area (Å²) in [5, 5.41) is 13.6. The number of ether oxygens (including phenoxy) is 3. The first-order chi connectivity index (χ1) is 19.3. The molecule has 2 aromatic heterocycles. The van der Waals surface area contributed by atoms with Crippen LogP contribution in [0, 0.1) is 6.92 Å². The average Bonchev–Trinajstić information content (AvgIpc) is 3.47. The maximum Gasteiger partial charge on any atom is 0.350 e. The van der Waals surface area contributed by atoms with Crippen LogP contribution in [-0.2, 0) is 22.5 Å². The molecule has 2 aliphatic rings. The van der Waals surface area contributed by atoms with Gasteiger partial charge in [-0.15, -0.1) is 0 Å². The van der Waals surface area contributed by atoms with Crippen molar-refractivity contribution < 1.29 is 28.9 Å². The van der Waals surface area contributed by atoms with Crippen molar-refractivity contribution in [1.29, 1.82) is 0 Å². The molecule has 3 aromatic rings. The number of carbonyl (C=O) groups excluding carboxylic acids is 2. The number of aliphatic hydroxyl groups is 1. The van der Waals surface area contributed by atoms with Crippen LogP contribution in [0.5, 0.6) is 11.5 Å². The van der Waals surface area contributed by atoms with E-state index in [1.54, 1.807) is 39.0 Å². The van der Waals surface area contributed by atoms with Crippen LogP contribution in [0.3, 0.4) is 0 Å². The van der Waals surface area contributed by atoms with E-state index >= 15 is 0 Å². The zero-order chi connectivity index (χ0) is 28.4. The van der Waals surface area contributed by atoms with Crippen molar-refractivity contribution >= 4 is 45.9 Å². The van der Waals surface area contributed by atoms with Gasteiger partial charge in [0.25, 0.3) is 0 Å². The van der Waals surface area contributed by atoms with Crippen molar-refractivity contribution in [2.24, 2.45) is 0 Å². The summed E-state index contributed by atoms with van der Waals surface area (Å²) < 4.78 is 15.9. The largest absolute Gasteiger partial charge is 0.493 e. The van der Waals surface area contributed by atoms with Crippen molar-refractivity contribution in [3.05, 3.63) is 39.9 Å². The summed E-state index contributed by atoms with van der Waals surface area (Å²) in [6, 6.07) is 5.53. The van der Waals surface area contributed by atoms with Crippen LogP contribution in [0.4, 0.5) is 22.7 Å². The van der Waals surface area contributed by atoms with Crippen LogP contribution in [-0.4, -0.2) is 72.0 Å². The Bertz CT molecular complexity index is 1420. The van der Waals surface area contributed by atoms with Gasteiger partial charge in [0, 0.05) is 18.7 Å². The third-order valence-corrected chi connectivity index (χ3v) is 7.93. The molecule has 0 spiro atoms. The molecular weight excluding hydrogens is 536 g/mol. The number of aromatic nitrogens is 3. The summed E-state index contributed by atoms with van der Waals surface area (Å²) in [4.78, 5) is 43.8. The molecule has 0 atom stereocenters. The molecule has 1 amide bonds. The number of anilines is 4. The number of piperidine rings is 1. The number of nitrogens with zero attached hydrogens (tertiary/aromatic N) is 5. The summed E-state index contributed by atoms with van der Waals surface area (Å²) in [6.45, 7) is 5.26. The Morgan fingerprint density at radius 3 is 2.55 bits per heavy atom. The number of nitrogens with one attached hydrogen (secondary N) is 1. The maximum absolute atomic E-state index is 13.3. The number of hydrogen-bond donors (Lipinski definition) is 2. The predicted octanol–water partition coefficient (Wildman–Crippen LogP) is 3.23. The molecule has 1 aromatic carbocycles. The minimum atomic E-state index is -0.431. The molecule has 0 unspecified atom stereocenters. The van der Waals surface area contributed by atoms with Crippen molar-refractivity contribution in [3.63, 3.8) is 0 Å². The third-order valence-electron chi connectivity index (χ3n) is 6.88. The van der Waals surface area contributed by atoms with Gasteiger partial charge in [-0.25, -0.2) is 9.78 Å². The number of benzene rings is 1. The standard InChI is InChI=1S/C27H32N6O6S/c1-5-39-25(36)22-15(2)28-27(40-22)31-26-29-23(32-10-8-17(34)9-11-32)18-13-21(35)33(24(18)30-26)14-16-6-7-19(37-3)20(12-16)38-4/h6-7,12,17,34H,5,8-11,13-14H2,1-4H3,(H,28,29,30,31). The Labute approximate surface area is 235 Å². The Hall–Kier alpha value is -3.97. The maximum atomic E-state index is 13.3. The van der Waals surface area contributed by atoms with Crippen molar-refractivity contribution in [2.45, 2.75) is 45.8 Å². The van der Waals surface area contributed by atoms with Gasteiger partial charge in [-0.2, -0.15) is 9.97 Å². The van der Waals surface area contributed by atoms with E-state index in [2.05, 4.69) is 15.2 Å². The monoisotopic (exact) mass is 568 g/mol. The molecule has 212 valence electrons. The predicted molar refractivity (Wildman–Crippen MR) is 150 cm³/mol. The SMILES string of the molecule is CCOC(=O)c1sc(Nc2nc(N3CCC(O)CC3)c3c(n2)N(Cc2ccc(OC)c(OC)c2)C(=O)C3)nc1C. The number of aryl methyl sites for hydroxylation is 1. The van der Waals surface area contributed by atoms with E-state index in [1.807, 2.05) is 12.1 Å². The molecule has 1 fully saturated rings. The zero-order valence-electron chi connectivity index (χ0n) is 22.9. The van der Waals surface area contributed by atoms with Crippen LogP contribution >= 0.6 is 11.3 Å². The zero-order valence-corrected chi connectivity index (χ0v) is 23.7. The van der Waals surface area contributed by atoms with E-state index in [-0.39, 0.29) is 37.5 Å². The number of methoxy groups -OCH3 is 2. The fourth-order valence-corrected chi connectivity index (χ4v) is 5.71. The molecule has 2 N–H and O–H groups in total. The number of hydrogen-bond acceptors (Lipinski definition) is 12. The summed E-state index contributed by atoms with van der Waals surface area (Å²) >= 11 is 1.16.